The van der Waals surface area contributed by atoms with Crippen molar-refractivity contribution in [1.82, 2.24) is 9.88 Å². The number of methoxy groups -OCH3 is 1. The predicted molar refractivity (Wildman–Crippen MR) is 107 cm³/mol. The molecule has 1 fully saturated rings. The molecule has 1 aliphatic heterocycles. The fourth-order valence-corrected chi connectivity index (χ4v) is 3.57. The predicted octanol–water partition coefficient (Wildman–Crippen LogP) is 3.62. The molecule has 1 saturated heterocycles. The Labute approximate surface area is 168 Å². The number of likely N-dealkylation sites (tertiary alicyclic amines) is 1. The molecule has 1 aromatic heterocycles. The van der Waals surface area contributed by atoms with Gasteiger partial charge < -0.3 is 19.6 Å². The van der Waals surface area contributed by atoms with E-state index in [2.05, 4.69) is 10.1 Å². The van der Waals surface area contributed by atoms with Gasteiger partial charge in [0.1, 0.15) is 5.75 Å². The third kappa shape index (κ3) is 4.75. The minimum Gasteiger partial charge on any atom is -0.469 e. The third-order valence-corrected chi connectivity index (χ3v) is 5.44. The molecule has 0 atom stereocenters. The second-order valence-corrected chi connectivity index (χ2v) is 7.25. The quantitative estimate of drug-likeness (QED) is 0.205. The highest BCUT2D eigenvalue weighted by molar-refractivity contribution is 7.98. The largest absolute Gasteiger partial charge is 0.469 e. The number of benzene rings is 1. The molecule has 2 aromatic rings. The van der Waals surface area contributed by atoms with Crippen LogP contribution in [0.5, 0.6) is 11.6 Å². The van der Waals surface area contributed by atoms with Gasteiger partial charge in [0, 0.05) is 35.8 Å². The van der Waals surface area contributed by atoms with Gasteiger partial charge in [-0.2, -0.15) is 0 Å². The number of pyridine rings is 1. The zero-order chi connectivity index (χ0) is 19.9. The second-order valence-electron chi connectivity index (χ2n) is 6.37. The SMILES string of the molecule is COC(=O)C1CCN(/C(=N\O)c2ccnc(Oc3ccc(SC)cc3)c2)CC1. The Hall–Kier alpha value is -2.74. The van der Waals surface area contributed by atoms with E-state index in [4.69, 9.17) is 9.47 Å². The first-order chi connectivity index (χ1) is 13.6. The lowest BCUT2D eigenvalue weighted by molar-refractivity contribution is -0.146. The fourth-order valence-electron chi connectivity index (χ4n) is 3.17. The van der Waals surface area contributed by atoms with Gasteiger partial charge >= 0.3 is 5.97 Å². The highest BCUT2D eigenvalue weighted by Gasteiger charge is 2.28. The van der Waals surface area contributed by atoms with Crippen molar-refractivity contribution in [3.05, 3.63) is 48.2 Å². The Morgan fingerprint density at radius 2 is 1.96 bits per heavy atom. The summed E-state index contributed by atoms with van der Waals surface area (Å²) in [6.07, 6.45) is 4.95. The summed E-state index contributed by atoms with van der Waals surface area (Å²) in [5.41, 5.74) is 0.699. The van der Waals surface area contributed by atoms with Gasteiger partial charge in [-0.25, -0.2) is 4.98 Å². The lowest BCUT2D eigenvalue weighted by Crippen LogP contribution is -2.41. The number of thioether (sulfide) groups is 1. The molecule has 2 heterocycles. The van der Waals surface area contributed by atoms with Crippen LogP contribution in [0.4, 0.5) is 0 Å². The van der Waals surface area contributed by atoms with E-state index in [1.807, 2.05) is 35.4 Å². The number of carbonyl (C=O) groups excluding carboxylic acids is 1. The number of rotatable bonds is 5. The maximum Gasteiger partial charge on any atom is 0.308 e. The van der Waals surface area contributed by atoms with Crippen molar-refractivity contribution in [2.45, 2.75) is 17.7 Å². The van der Waals surface area contributed by atoms with Crippen LogP contribution < -0.4 is 4.74 Å². The molecule has 0 aliphatic carbocycles. The summed E-state index contributed by atoms with van der Waals surface area (Å²) in [5, 5.41) is 13.1. The first kappa shape index (κ1) is 20.0. The third-order valence-electron chi connectivity index (χ3n) is 4.70. The Morgan fingerprint density at radius 1 is 1.25 bits per heavy atom. The number of hydrogen-bond donors (Lipinski definition) is 1. The smallest absolute Gasteiger partial charge is 0.308 e. The van der Waals surface area contributed by atoms with E-state index in [0.29, 0.717) is 49.0 Å². The van der Waals surface area contributed by atoms with Crippen LogP contribution in [0.3, 0.4) is 0 Å². The molecule has 1 N–H and O–H groups in total. The summed E-state index contributed by atoms with van der Waals surface area (Å²) in [5.74, 6) is 1.24. The van der Waals surface area contributed by atoms with Gasteiger partial charge in [-0.15, -0.1) is 11.8 Å². The molecule has 148 valence electrons. The molecular weight excluding hydrogens is 378 g/mol. The van der Waals surface area contributed by atoms with E-state index in [9.17, 15) is 10.0 Å². The Balaban J connectivity index is 1.70. The van der Waals surface area contributed by atoms with E-state index >= 15 is 0 Å². The molecule has 3 rings (SSSR count). The minimum absolute atomic E-state index is 0.109. The average molecular weight is 401 g/mol. The Kier molecular flexibility index (Phi) is 6.76. The number of hydrogen-bond acceptors (Lipinski definition) is 7. The van der Waals surface area contributed by atoms with Crippen LogP contribution in [0, 0.1) is 5.92 Å². The highest BCUT2D eigenvalue weighted by atomic mass is 32.2. The van der Waals surface area contributed by atoms with Crippen LogP contribution in [0.1, 0.15) is 18.4 Å². The van der Waals surface area contributed by atoms with Crippen molar-refractivity contribution in [1.29, 1.82) is 0 Å². The molecule has 0 spiro atoms. The molecule has 0 bridgehead atoms. The van der Waals surface area contributed by atoms with Crippen LogP contribution in [-0.2, 0) is 9.53 Å². The number of esters is 1. The van der Waals surface area contributed by atoms with Crippen molar-refractivity contribution in [2.24, 2.45) is 11.1 Å². The van der Waals surface area contributed by atoms with Crippen LogP contribution in [-0.4, -0.2) is 53.4 Å². The molecule has 8 heteroatoms. The second kappa shape index (κ2) is 9.45. The van der Waals surface area contributed by atoms with Crippen molar-refractivity contribution < 1.29 is 19.5 Å². The van der Waals surface area contributed by atoms with E-state index in [1.165, 1.54) is 7.11 Å². The van der Waals surface area contributed by atoms with Gasteiger partial charge in [-0.1, -0.05) is 5.16 Å². The molecule has 1 aromatic carbocycles. The highest BCUT2D eigenvalue weighted by Crippen LogP contribution is 2.25. The number of carbonyl (C=O) groups is 1. The van der Waals surface area contributed by atoms with E-state index in [-0.39, 0.29) is 11.9 Å². The van der Waals surface area contributed by atoms with Crippen molar-refractivity contribution >= 4 is 23.6 Å². The number of oxime groups is 1. The summed E-state index contributed by atoms with van der Waals surface area (Å²) in [4.78, 5) is 19.0. The molecule has 0 amide bonds. The zero-order valence-electron chi connectivity index (χ0n) is 15.9. The summed E-state index contributed by atoms with van der Waals surface area (Å²) in [6.45, 7) is 1.21. The number of nitrogens with zero attached hydrogens (tertiary/aromatic N) is 3. The number of ether oxygens (including phenoxy) is 2. The lowest BCUT2D eigenvalue weighted by Gasteiger charge is -2.32. The number of piperidine rings is 1. The van der Waals surface area contributed by atoms with Gasteiger partial charge in [0.05, 0.1) is 13.0 Å². The fraction of sp³-hybridized carbons (Fsp3) is 0.350. The maximum atomic E-state index is 11.7. The van der Waals surface area contributed by atoms with Crippen LogP contribution >= 0.6 is 11.8 Å². The lowest BCUT2D eigenvalue weighted by atomic mass is 9.96. The van der Waals surface area contributed by atoms with E-state index in [1.54, 1.807) is 30.1 Å². The Morgan fingerprint density at radius 3 is 2.57 bits per heavy atom. The monoisotopic (exact) mass is 401 g/mol. The summed E-state index contributed by atoms with van der Waals surface area (Å²) < 4.78 is 10.6. The van der Waals surface area contributed by atoms with Crippen LogP contribution in [0.25, 0.3) is 0 Å². The Bertz CT molecular complexity index is 834. The molecular formula is C20H23N3O4S. The van der Waals surface area contributed by atoms with Gasteiger partial charge in [0.15, 0.2) is 5.84 Å². The normalized spacial score (nSPS) is 15.4. The number of amidine groups is 1. The van der Waals surface area contributed by atoms with Gasteiger partial charge in [0.2, 0.25) is 5.88 Å². The van der Waals surface area contributed by atoms with E-state index in [0.717, 1.165) is 4.90 Å². The van der Waals surface area contributed by atoms with Crippen LogP contribution in [0.2, 0.25) is 0 Å². The standard InChI is InChI=1S/C20H23N3O4S/c1-26-20(24)14-8-11-23(12-9-14)19(22-25)15-7-10-21-18(13-15)27-16-3-5-17(28-2)6-4-16/h3-7,10,13-14,25H,8-9,11-12H2,1-2H3/b22-19-. The van der Waals surface area contributed by atoms with Crippen molar-refractivity contribution in [2.75, 3.05) is 26.5 Å². The molecule has 0 unspecified atom stereocenters. The summed E-state index contributed by atoms with van der Waals surface area (Å²) in [6, 6.07) is 11.2. The summed E-state index contributed by atoms with van der Waals surface area (Å²) in [7, 11) is 1.41. The van der Waals surface area contributed by atoms with Crippen molar-refractivity contribution in [3.8, 4) is 11.6 Å². The molecule has 28 heavy (non-hydrogen) atoms. The van der Waals surface area contributed by atoms with Crippen LogP contribution in [0.15, 0.2) is 52.6 Å². The molecule has 0 radical (unpaired) electrons. The first-order valence-electron chi connectivity index (χ1n) is 8.97. The molecule has 0 saturated carbocycles. The van der Waals surface area contributed by atoms with Gasteiger partial charge in [-0.3, -0.25) is 4.79 Å². The van der Waals surface area contributed by atoms with Gasteiger partial charge in [0.25, 0.3) is 0 Å². The van der Waals surface area contributed by atoms with Crippen molar-refractivity contribution in [3.63, 3.8) is 0 Å². The number of aromatic nitrogens is 1. The zero-order valence-corrected chi connectivity index (χ0v) is 16.7. The molecule has 1 aliphatic rings. The van der Waals surface area contributed by atoms with Gasteiger partial charge in [-0.05, 0) is 49.4 Å². The topological polar surface area (TPSA) is 84.2 Å². The first-order valence-corrected chi connectivity index (χ1v) is 10.2. The maximum absolute atomic E-state index is 11.7. The minimum atomic E-state index is -0.186. The average Bonchev–Trinajstić information content (AvgIpc) is 2.75. The summed E-state index contributed by atoms with van der Waals surface area (Å²) >= 11 is 1.66. The molecule has 7 nitrogen and oxygen atoms in total. The van der Waals surface area contributed by atoms with E-state index < -0.39 is 0 Å².